The molecular formula is C38H32P2S2. The van der Waals surface area contributed by atoms with Crippen LogP contribution in [0, 0.1) is 0 Å². The van der Waals surface area contributed by atoms with Crippen molar-refractivity contribution >= 4 is 106 Å². The molecule has 0 saturated carbocycles. The quantitative estimate of drug-likeness (QED) is 0.0638. The van der Waals surface area contributed by atoms with Gasteiger partial charge in [-0.05, 0) is 90.3 Å². The van der Waals surface area contributed by atoms with E-state index in [2.05, 4.69) is 147 Å². The van der Waals surface area contributed by atoms with Crippen LogP contribution in [0.2, 0.25) is 0 Å². The van der Waals surface area contributed by atoms with Gasteiger partial charge in [-0.2, -0.15) is 19.8 Å². The van der Waals surface area contributed by atoms with E-state index in [-0.39, 0.29) is 19.8 Å². The van der Waals surface area contributed by atoms with Crippen molar-refractivity contribution in [3.05, 3.63) is 147 Å². The van der Waals surface area contributed by atoms with Crippen LogP contribution in [0.5, 0.6) is 0 Å². The molecule has 0 aliphatic carbocycles. The monoisotopic (exact) mass is 614 g/mol. The Morgan fingerprint density at radius 3 is 1.07 bits per heavy atom. The topological polar surface area (TPSA) is 0 Å². The lowest BCUT2D eigenvalue weighted by Gasteiger charge is -2.13. The van der Waals surface area contributed by atoms with Crippen LogP contribution >= 0.6 is 41.4 Å². The van der Waals surface area contributed by atoms with Gasteiger partial charge in [-0.3, -0.25) is 0 Å². The van der Waals surface area contributed by atoms with Gasteiger partial charge in [-0.1, -0.05) is 119 Å². The standard InChI is InChI=1S/C36H22S2.C2H4.2H3P/c1-3-9-27-21-31-29(19-25(27)7-1)17-15-23-11-5-13-33(35(23)31)37-38-34-14-6-12-24-16-18-30-20-26-8-2-4-10-28(26)22-32(30)36(24)34;1-2;;/h1-22H;1-2H2;2*1H3. The average molecular weight is 615 g/mol. The van der Waals surface area contributed by atoms with E-state index < -0.39 is 0 Å². The van der Waals surface area contributed by atoms with Crippen molar-refractivity contribution in [1.29, 1.82) is 0 Å². The molecule has 0 aromatic heterocycles. The normalized spacial score (nSPS) is 10.9. The Balaban J connectivity index is 0.000000864. The molecule has 0 spiro atoms. The van der Waals surface area contributed by atoms with E-state index in [0.717, 1.165) is 0 Å². The van der Waals surface area contributed by atoms with Crippen molar-refractivity contribution in [1.82, 2.24) is 0 Å². The number of fused-ring (bicyclic) bond motifs is 8. The second kappa shape index (κ2) is 12.9. The average Bonchev–Trinajstić information content (AvgIpc) is 3.02. The van der Waals surface area contributed by atoms with Gasteiger partial charge in [0, 0.05) is 20.6 Å². The Labute approximate surface area is 261 Å². The van der Waals surface area contributed by atoms with Crippen molar-refractivity contribution in [3.63, 3.8) is 0 Å². The predicted octanol–water partition coefficient (Wildman–Crippen LogP) is 12.3. The van der Waals surface area contributed by atoms with Crippen molar-refractivity contribution in [3.8, 4) is 0 Å². The molecule has 8 rings (SSSR count). The number of hydrogen-bond donors (Lipinski definition) is 0. The summed E-state index contributed by atoms with van der Waals surface area (Å²) in [4.78, 5) is 2.60. The first-order valence-corrected chi connectivity index (χ1v) is 15.5. The molecule has 8 aromatic carbocycles. The highest BCUT2D eigenvalue weighted by atomic mass is 33.1. The van der Waals surface area contributed by atoms with E-state index in [1.165, 1.54) is 74.4 Å². The zero-order valence-corrected chi connectivity index (χ0v) is 27.8. The summed E-state index contributed by atoms with van der Waals surface area (Å²) in [5, 5.41) is 15.6. The van der Waals surface area contributed by atoms with Crippen LogP contribution in [0.3, 0.4) is 0 Å². The maximum absolute atomic E-state index is 3.00. The first-order valence-electron chi connectivity index (χ1n) is 13.3. The molecule has 2 atom stereocenters. The summed E-state index contributed by atoms with van der Waals surface area (Å²) >= 11 is 0. The van der Waals surface area contributed by atoms with Crippen molar-refractivity contribution in [2.24, 2.45) is 0 Å². The van der Waals surface area contributed by atoms with Gasteiger partial charge in [0.05, 0.1) is 0 Å². The molecule has 0 amide bonds. The summed E-state index contributed by atoms with van der Waals surface area (Å²) in [6, 6.07) is 49.1. The van der Waals surface area contributed by atoms with Gasteiger partial charge in [0.2, 0.25) is 0 Å². The molecule has 0 radical (unpaired) electrons. The highest BCUT2D eigenvalue weighted by molar-refractivity contribution is 8.76. The van der Waals surface area contributed by atoms with Crippen LogP contribution in [0.4, 0.5) is 0 Å². The van der Waals surface area contributed by atoms with Crippen LogP contribution < -0.4 is 0 Å². The summed E-state index contributed by atoms with van der Waals surface area (Å²) < 4.78 is 0. The molecule has 4 heteroatoms. The predicted molar refractivity (Wildman–Crippen MR) is 203 cm³/mol. The van der Waals surface area contributed by atoms with Gasteiger partial charge >= 0.3 is 0 Å². The third-order valence-electron chi connectivity index (χ3n) is 7.60. The van der Waals surface area contributed by atoms with Crippen LogP contribution in [0.25, 0.3) is 64.6 Å². The molecule has 42 heavy (non-hydrogen) atoms. The van der Waals surface area contributed by atoms with Crippen LogP contribution in [0.1, 0.15) is 0 Å². The second-order valence-electron chi connectivity index (χ2n) is 9.85. The van der Waals surface area contributed by atoms with Crippen LogP contribution in [0.15, 0.2) is 156 Å². The second-order valence-corrected chi connectivity index (χ2v) is 12.1. The molecule has 0 nitrogen and oxygen atoms in total. The SMILES string of the molecule is C=C.P.P.c1ccc2cc3c(ccc4cccc(SSc5cccc6ccc7cc8ccccc8cc7c56)c43)cc2c1. The van der Waals surface area contributed by atoms with E-state index in [4.69, 9.17) is 0 Å². The fraction of sp³-hybridized carbons (Fsp3) is 0. The van der Waals surface area contributed by atoms with Gasteiger partial charge in [-0.25, -0.2) is 0 Å². The molecule has 0 heterocycles. The van der Waals surface area contributed by atoms with Crippen molar-refractivity contribution in [2.75, 3.05) is 0 Å². The first-order chi connectivity index (χ1) is 19.8. The largest absolute Gasteiger partial charge is 0.153 e. The van der Waals surface area contributed by atoms with E-state index >= 15 is 0 Å². The highest BCUT2D eigenvalue weighted by Crippen LogP contribution is 2.46. The number of rotatable bonds is 3. The Morgan fingerprint density at radius 1 is 0.333 bits per heavy atom. The molecule has 8 aromatic rings. The Bertz CT molecular complexity index is 2060. The fourth-order valence-corrected chi connectivity index (χ4v) is 8.20. The lowest BCUT2D eigenvalue weighted by atomic mass is 9.98. The van der Waals surface area contributed by atoms with Crippen molar-refractivity contribution in [2.45, 2.75) is 9.79 Å². The fourth-order valence-electron chi connectivity index (χ4n) is 5.76. The first kappa shape index (κ1) is 30.1. The Morgan fingerprint density at radius 2 is 0.667 bits per heavy atom. The number of hydrogen-bond acceptors (Lipinski definition) is 2. The zero-order valence-electron chi connectivity index (χ0n) is 23.3. The molecule has 0 aliphatic rings. The van der Waals surface area contributed by atoms with Gasteiger partial charge in [0.1, 0.15) is 0 Å². The molecule has 0 fully saturated rings. The van der Waals surface area contributed by atoms with Crippen molar-refractivity contribution < 1.29 is 0 Å². The highest BCUT2D eigenvalue weighted by Gasteiger charge is 2.12. The molecule has 0 saturated heterocycles. The Hall–Kier alpha value is -3.38. The zero-order chi connectivity index (χ0) is 27.1. The summed E-state index contributed by atoms with van der Waals surface area (Å²) in [5.74, 6) is 0. The molecule has 0 aliphatic heterocycles. The summed E-state index contributed by atoms with van der Waals surface area (Å²) in [7, 11) is 3.73. The van der Waals surface area contributed by atoms with Crippen LogP contribution in [-0.4, -0.2) is 0 Å². The third kappa shape index (κ3) is 5.30. The molecule has 2 unspecified atom stereocenters. The van der Waals surface area contributed by atoms with Gasteiger partial charge in [-0.15, -0.1) is 13.2 Å². The maximum atomic E-state index is 3.00. The van der Waals surface area contributed by atoms with Crippen LogP contribution in [-0.2, 0) is 0 Å². The maximum Gasteiger partial charge on any atom is 0.0271 e. The third-order valence-corrected chi connectivity index (χ3v) is 10.0. The minimum Gasteiger partial charge on any atom is -0.153 e. The van der Waals surface area contributed by atoms with E-state index in [1.807, 2.05) is 21.6 Å². The lowest BCUT2D eigenvalue weighted by Crippen LogP contribution is -1.83. The molecular weight excluding hydrogens is 583 g/mol. The Kier molecular flexibility index (Phi) is 9.22. The smallest absolute Gasteiger partial charge is 0.0271 e. The van der Waals surface area contributed by atoms with Gasteiger partial charge < -0.3 is 0 Å². The minimum absolute atomic E-state index is 0. The summed E-state index contributed by atoms with van der Waals surface area (Å²) in [6.07, 6.45) is 0. The molecule has 0 N–H and O–H groups in total. The minimum atomic E-state index is 0. The van der Waals surface area contributed by atoms with Gasteiger partial charge in [0.15, 0.2) is 0 Å². The van der Waals surface area contributed by atoms with E-state index in [9.17, 15) is 0 Å². The number of benzene rings is 8. The molecule has 206 valence electrons. The van der Waals surface area contributed by atoms with E-state index in [1.54, 1.807) is 0 Å². The summed E-state index contributed by atoms with van der Waals surface area (Å²) in [6.45, 7) is 6.00. The molecule has 0 bridgehead atoms. The summed E-state index contributed by atoms with van der Waals surface area (Å²) in [5.41, 5.74) is 0. The lowest BCUT2D eigenvalue weighted by molar-refractivity contribution is 1.57. The van der Waals surface area contributed by atoms with Gasteiger partial charge in [0.25, 0.3) is 0 Å². The van der Waals surface area contributed by atoms with E-state index in [0.29, 0.717) is 0 Å².